The number of nitrogens with one attached hydrogen (secondary N) is 2. The van der Waals surface area contributed by atoms with E-state index in [4.69, 9.17) is 27.6 Å². The van der Waals surface area contributed by atoms with Crippen LogP contribution in [0.25, 0.3) is 0 Å². The Morgan fingerprint density at radius 3 is 2.15 bits per heavy atom. The Labute approximate surface area is 159 Å². The predicted octanol–water partition coefficient (Wildman–Crippen LogP) is 4.64. The van der Waals surface area contributed by atoms with Crippen molar-refractivity contribution >= 4 is 50.5 Å². The third-order valence-electron chi connectivity index (χ3n) is 3.28. The van der Waals surface area contributed by atoms with Crippen molar-refractivity contribution in [3.8, 4) is 0 Å². The zero-order valence-corrected chi connectivity index (χ0v) is 15.4. The summed E-state index contributed by atoms with van der Waals surface area (Å²) in [6.07, 6.45) is 1.39. The molecule has 3 aromatic rings. The van der Waals surface area contributed by atoms with Crippen LogP contribution in [0.4, 0.5) is 11.4 Å². The highest BCUT2D eigenvalue weighted by Gasteiger charge is 2.15. The number of hydrogen-bond acceptors (Lipinski definition) is 4. The van der Waals surface area contributed by atoms with Gasteiger partial charge in [0.1, 0.15) is 0 Å². The van der Waals surface area contributed by atoms with Gasteiger partial charge in [-0.1, -0.05) is 23.2 Å². The van der Waals surface area contributed by atoms with Gasteiger partial charge in [-0.25, -0.2) is 8.42 Å². The Hall–Kier alpha value is -2.48. The van der Waals surface area contributed by atoms with Gasteiger partial charge in [0, 0.05) is 15.7 Å². The Morgan fingerprint density at radius 2 is 1.58 bits per heavy atom. The molecule has 0 aliphatic heterocycles. The van der Waals surface area contributed by atoms with Crippen LogP contribution in [0.5, 0.6) is 0 Å². The number of furan rings is 1. The first-order chi connectivity index (χ1) is 12.3. The molecule has 3 rings (SSSR count). The third-order valence-corrected chi connectivity index (χ3v) is 5.12. The number of carbonyl (C=O) groups is 1. The van der Waals surface area contributed by atoms with E-state index in [2.05, 4.69) is 10.0 Å². The molecule has 0 aliphatic carbocycles. The highest BCUT2D eigenvalue weighted by atomic mass is 35.5. The van der Waals surface area contributed by atoms with E-state index in [1.807, 2.05) is 0 Å². The van der Waals surface area contributed by atoms with E-state index in [0.29, 0.717) is 15.7 Å². The van der Waals surface area contributed by atoms with Gasteiger partial charge in [-0.05, 0) is 54.6 Å². The molecular formula is C17H12Cl2N2O4S. The van der Waals surface area contributed by atoms with E-state index in [1.165, 1.54) is 54.8 Å². The maximum Gasteiger partial charge on any atom is 0.291 e. The number of carbonyl (C=O) groups excluding carboxylic acids is 1. The maximum absolute atomic E-state index is 12.4. The predicted molar refractivity (Wildman–Crippen MR) is 100 cm³/mol. The molecule has 0 saturated carbocycles. The molecule has 0 atom stereocenters. The Morgan fingerprint density at radius 1 is 0.923 bits per heavy atom. The molecule has 0 unspecified atom stereocenters. The summed E-state index contributed by atoms with van der Waals surface area (Å²) in [7, 11) is -3.83. The van der Waals surface area contributed by atoms with Gasteiger partial charge in [0.15, 0.2) is 5.76 Å². The molecule has 0 aliphatic rings. The smallest absolute Gasteiger partial charge is 0.291 e. The summed E-state index contributed by atoms with van der Waals surface area (Å²) in [5.41, 5.74) is 0.675. The van der Waals surface area contributed by atoms with Crippen molar-refractivity contribution in [2.75, 3.05) is 10.0 Å². The highest BCUT2D eigenvalue weighted by Crippen LogP contribution is 2.25. The fourth-order valence-electron chi connectivity index (χ4n) is 2.14. The summed E-state index contributed by atoms with van der Waals surface area (Å²) in [5.74, 6) is -0.279. The van der Waals surface area contributed by atoms with Crippen LogP contribution in [0.1, 0.15) is 10.6 Å². The largest absolute Gasteiger partial charge is 0.459 e. The molecule has 1 amide bonds. The first kappa shape index (κ1) is 18.3. The van der Waals surface area contributed by atoms with Crippen molar-refractivity contribution in [2.45, 2.75) is 4.90 Å². The van der Waals surface area contributed by atoms with Crippen molar-refractivity contribution in [2.24, 2.45) is 0 Å². The number of anilines is 2. The van der Waals surface area contributed by atoms with E-state index >= 15 is 0 Å². The molecule has 0 bridgehead atoms. The maximum atomic E-state index is 12.4. The number of halogens is 2. The van der Waals surface area contributed by atoms with Gasteiger partial charge < -0.3 is 9.73 Å². The van der Waals surface area contributed by atoms with Crippen molar-refractivity contribution in [3.05, 3.63) is 76.7 Å². The van der Waals surface area contributed by atoms with Crippen LogP contribution < -0.4 is 10.0 Å². The lowest BCUT2D eigenvalue weighted by Crippen LogP contribution is -2.14. The molecule has 0 radical (unpaired) electrons. The molecule has 0 spiro atoms. The summed E-state index contributed by atoms with van der Waals surface area (Å²) in [6, 6.07) is 13.2. The standard InChI is InChI=1S/C17H12Cl2N2O4S/c18-11-8-12(19)10-14(9-11)21-26(23,24)15-5-3-13(4-6-15)20-17(22)16-2-1-7-25-16/h1-10,21H,(H,20,22). The molecule has 9 heteroatoms. The van der Waals surface area contributed by atoms with Crippen molar-refractivity contribution in [3.63, 3.8) is 0 Å². The van der Waals surface area contributed by atoms with E-state index < -0.39 is 15.9 Å². The van der Waals surface area contributed by atoms with Gasteiger partial charge in [-0.2, -0.15) is 0 Å². The van der Waals surface area contributed by atoms with Crippen LogP contribution in [-0.2, 0) is 10.0 Å². The van der Waals surface area contributed by atoms with Gasteiger partial charge in [-0.15, -0.1) is 0 Å². The highest BCUT2D eigenvalue weighted by molar-refractivity contribution is 7.92. The zero-order valence-electron chi connectivity index (χ0n) is 13.1. The monoisotopic (exact) mass is 410 g/mol. The quantitative estimate of drug-likeness (QED) is 0.640. The zero-order chi connectivity index (χ0) is 18.7. The second-order valence-electron chi connectivity index (χ2n) is 5.22. The average molecular weight is 411 g/mol. The number of hydrogen-bond donors (Lipinski definition) is 2. The number of amides is 1. The second-order valence-corrected chi connectivity index (χ2v) is 7.77. The molecule has 0 fully saturated rings. The first-order valence-corrected chi connectivity index (χ1v) is 9.51. The molecule has 134 valence electrons. The van der Waals surface area contributed by atoms with Gasteiger partial charge >= 0.3 is 0 Å². The van der Waals surface area contributed by atoms with Crippen LogP contribution in [0, 0.1) is 0 Å². The lowest BCUT2D eigenvalue weighted by molar-refractivity contribution is 0.0996. The van der Waals surface area contributed by atoms with E-state index in [1.54, 1.807) is 6.07 Å². The Balaban J connectivity index is 1.75. The normalized spacial score (nSPS) is 11.2. The van der Waals surface area contributed by atoms with Gasteiger partial charge in [-0.3, -0.25) is 9.52 Å². The molecule has 0 saturated heterocycles. The Kier molecular flexibility index (Phi) is 5.22. The molecule has 2 N–H and O–H groups in total. The molecule has 26 heavy (non-hydrogen) atoms. The van der Waals surface area contributed by atoms with Crippen LogP contribution >= 0.6 is 23.2 Å². The summed E-state index contributed by atoms with van der Waals surface area (Å²) < 4.78 is 32.3. The summed E-state index contributed by atoms with van der Waals surface area (Å²) >= 11 is 11.7. The van der Waals surface area contributed by atoms with Crippen LogP contribution in [0.3, 0.4) is 0 Å². The van der Waals surface area contributed by atoms with Gasteiger partial charge in [0.2, 0.25) is 0 Å². The van der Waals surface area contributed by atoms with Crippen molar-refractivity contribution in [1.29, 1.82) is 0 Å². The third kappa shape index (κ3) is 4.37. The minimum atomic E-state index is -3.83. The van der Waals surface area contributed by atoms with Crippen molar-refractivity contribution < 1.29 is 17.6 Å². The minimum Gasteiger partial charge on any atom is -0.459 e. The topological polar surface area (TPSA) is 88.4 Å². The number of rotatable bonds is 5. The van der Waals surface area contributed by atoms with Gasteiger partial charge in [0.25, 0.3) is 15.9 Å². The SMILES string of the molecule is O=C(Nc1ccc(S(=O)(=O)Nc2cc(Cl)cc(Cl)c2)cc1)c1ccco1. The molecule has 2 aromatic carbocycles. The summed E-state index contributed by atoms with van der Waals surface area (Å²) in [4.78, 5) is 11.9. The fraction of sp³-hybridized carbons (Fsp3) is 0. The van der Waals surface area contributed by atoms with Crippen LogP contribution in [0.2, 0.25) is 10.0 Å². The number of sulfonamides is 1. The van der Waals surface area contributed by atoms with Crippen molar-refractivity contribution in [1.82, 2.24) is 0 Å². The average Bonchev–Trinajstić information content (AvgIpc) is 3.08. The molecular weight excluding hydrogens is 399 g/mol. The van der Waals surface area contributed by atoms with E-state index in [0.717, 1.165) is 0 Å². The van der Waals surface area contributed by atoms with Crippen LogP contribution in [0.15, 0.2) is 70.2 Å². The number of benzene rings is 2. The lowest BCUT2D eigenvalue weighted by Gasteiger charge is -2.10. The Bertz CT molecular complexity index is 1010. The fourth-order valence-corrected chi connectivity index (χ4v) is 3.71. The molecule has 1 heterocycles. The van der Waals surface area contributed by atoms with Crippen LogP contribution in [-0.4, -0.2) is 14.3 Å². The van der Waals surface area contributed by atoms with E-state index in [9.17, 15) is 13.2 Å². The second kappa shape index (κ2) is 7.41. The molecule has 1 aromatic heterocycles. The first-order valence-electron chi connectivity index (χ1n) is 7.27. The van der Waals surface area contributed by atoms with E-state index in [-0.39, 0.29) is 16.3 Å². The van der Waals surface area contributed by atoms with Gasteiger partial charge in [0.05, 0.1) is 16.8 Å². The summed E-state index contributed by atoms with van der Waals surface area (Å²) in [6.45, 7) is 0. The molecule has 6 nitrogen and oxygen atoms in total. The lowest BCUT2D eigenvalue weighted by atomic mass is 10.3. The summed E-state index contributed by atoms with van der Waals surface area (Å²) in [5, 5.41) is 3.23. The minimum absolute atomic E-state index is 0.0181.